The van der Waals surface area contributed by atoms with E-state index in [9.17, 15) is 9.59 Å². The number of hydrogen-bond acceptors (Lipinski definition) is 5. The van der Waals surface area contributed by atoms with Gasteiger partial charge < -0.3 is 15.0 Å². The average molecular weight is 422 g/mol. The maximum Gasteiger partial charge on any atom is 0.252 e. The largest absolute Gasteiger partial charge is 0.379 e. The van der Waals surface area contributed by atoms with Crippen molar-refractivity contribution >= 4 is 17.5 Å². The van der Waals surface area contributed by atoms with Gasteiger partial charge in [0.05, 0.1) is 18.9 Å². The molecule has 1 fully saturated rings. The minimum Gasteiger partial charge on any atom is -0.379 e. The zero-order chi connectivity index (χ0) is 21.8. The maximum atomic E-state index is 13.3. The van der Waals surface area contributed by atoms with Crippen molar-refractivity contribution in [1.82, 2.24) is 24.8 Å². The first-order valence-electron chi connectivity index (χ1n) is 10.5. The molecule has 0 saturated carbocycles. The molecule has 0 aliphatic carbocycles. The number of nitrogens with zero attached hydrogens (tertiary/aromatic N) is 4. The Kier molecular flexibility index (Phi) is 5.99. The van der Waals surface area contributed by atoms with Gasteiger partial charge in [-0.15, -0.1) is 0 Å². The highest BCUT2D eigenvalue weighted by Crippen LogP contribution is 2.17. The molecule has 1 atom stereocenters. The Morgan fingerprint density at radius 1 is 1.19 bits per heavy atom. The lowest BCUT2D eigenvalue weighted by atomic mass is 9.99. The SMILES string of the molecule is CC(C)(NC(=O)c1ccccc1)C(=O)N1CCOC[C@H](Cc2ccc3nccn3n2)C1. The molecule has 0 unspecified atom stereocenters. The summed E-state index contributed by atoms with van der Waals surface area (Å²) in [6.45, 7) is 5.56. The Balaban J connectivity index is 1.43. The normalized spacial score (nSPS) is 17.4. The molecule has 1 aromatic carbocycles. The van der Waals surface area contributed by atoms with Crippen LogP contribution in [0.3, 0.4) is 0 Å². The van der Waals surface area contributed by atoms with E-state index in [4.69, 9.17) is 4.74 Å². The Bertz CT molecular complexity index is 1060. The van der Waals surface area contributed by atoms with Crippen molar-refractivity contribution in [2.45, 2.75) is 25.8 Å². The number of carbonyl (C=O) groups excluding carboxylic acids is 2. The Hall–Kier alpha value is -3.26. The Labute approximate surface area is 181 Å². The van der Waals surface area contributed by atoms with Crippen molar-refractivity contribution in [2.24, 2.45) is 5.92 Å². The number of hydrogen-bond donors (Lipinski definition) is 1. The number of amides is 2. The van der Waals surface area contributed by atoms with Gasteiger partial charge >= 0.3 is 0 Å². The van der Waals surface area contributed by atoms with Gasteiger partial charge in [0.25, 0.3) is 5.91 Å². The zero-order valence-corrected chi connectivity index (χ0v) is 17.8. The first kappa shape index (κ1) is 21.0. The second kappa shape index (κ2) is 8.85. The molecule has 8 heteroatoms. The van der Waals surface area contributed by atoms with Gasteiger partial charge in [0.1, 0.15) is 5.54 Å². The minimum absolute atomic E-state index is 0.112. The minimum atomic E-state index is -1.03. The molecule has 3 aromatic rings. The monoisotopic (exact) mass is 421 g/mol. The Morgan fingerprint density at radius 3 is 2.81 bits per heavy atom. The van der Waals surface area contributed by atoms with Crippen LogP contribution in [0.1, 0.15) is 29.9 Å². The number of fused-ring (bicyclic) bond motifs is 1. The van der Waals surface area contributed by atoms with Crippen LogP contribution in [0.5, 0.6) is 0 Å². The molecule has 0 spiro atoms. The number of imidazole rings is 1. The molecule has 8 nitrogen and oxygen atoms in total. The molecule has 1 N–H and O–H groups in total. The lowest BCUT2D eigenvalue weighted by molar-refractivity contribution is -0.137. The van der Waals surface area contributed by atoms with Gasteiger partial charge in [0.15, 0.2) is 5.65 Å². The van der Waals surface area contributed by atoms with Crippen molar-refractivity contribution in [3.05, 3.63) is 66.1 Å². The smallest absolute Gasteiger partial charge is 0.252 e. The van der Waals surface area contributed by atoms with E-state index in [0.717, 1.165) is 11.3 Å². The molecule has 31 heavy (non-hydrogen) atoms. The molecule has 2 amide bonds. The summed E-state index contributed by atoms with van der Waals surface area (Å²) in [5.74, 6) is -0.273. The van der Waals surface area contributed by atoms with Gasteiger partial charge in [-0.05, 0) is 44.5 Å². The number of aromatic nitrogens is 3. The number of nitrogens with one attached hydrogen (secondary N) is 1. The van der Waals surface area contributed by atoms with Crippen molar-refractivity contribution in [2.75, 3.05) is 26.3 Å². The molecule has 162 valence electrons. The van der Waals surface area contributed by atoms with Crippen LogP contribution in [0.25, 0.3) is 5.65 Å². The summed E-state index contributed by atoms with van der Waals surface area (Å²) in [4.78, 5) is 31.9. The van der Waals surface area contributed by atoms with Crippen LogP contribution in [0.15, 0.2) is 54.9 Å². The van der Waals surface area contributed by atoms with Crippen LogP contribution in [0.2, 0.25) is 0 Å². The molecule has 2 aromatic heterocycles. The quantitative estimate of drug-likeness (QED) is 0.680. The fourth-order valence-corrected chi connectivity index (χ4v) is 3.84. The average Bonchev–Trinajstić information content (AvgIpc) is 3.11. The zero-order valence-electron chi connectivity index (χ0n) is 17.8. The first-order valence-corrected chi connectivity index (χ1v) is 10.5. The summed E-state index contributed by atoms with van der Waals surface area (Å²) >= 11 is 0. The van der Waals surface area contributed by atoms with Crippen LogP contribution in [-0.2, 0) is 16.0 Å². The van der Waals surface area contributed by atoms with Crippen LogP contribution >= 0.6 is 0 Å². The molecular formula is C23H27N5O3. The molecule has 1 aliphatic rings. The second-order valence-electron chi connectivity index (χ2n) is 8.40. The first-order chi connectivity index (χ1) is 14.9. The summed E-state index contributed by atoms with van der Waals surface area (Å²) in [5.41, 5.74) is 1.22. The number of ether oxygens (including phenoxy) is 1. The molecule has 1 saturated heterocycles. The molecular weight excluding hydrogens is 394 g/mol. The number of benzene rings is 1. The fraction of sp³-hybridized carbons (Fsp3) is 0.391. The highest BCUT2D eigenvalue weighted by molar-refractivity contribution is 5.98. The van der Waals surface area contributed by atoms with Gasteiger partial charge in [-0.3, -0.25) is 9.59 Å². The van der Waals surface area contributed by atoms with Crippen molar-refractivity contribution in [3.8, 4) is 0 Å². The third kappa shape index (κ3) is 4.91. The molecule has 4 rings (SSSR count). The molecule has 3 heterocycles. The van der Waals surface area contributed by atoms with Gasteiger partial charge in [-0.2, -0.15) is 5.10 Å². The van der Waals surface area contributed by atoms with Crippen LogP contribution in [0, 0.1) is 5.92 Å². The van der Waals surface area contributed by atoms with E-state index in [0.29, 0.717) is 38.3 Å². The highest BCUT2D eigenvalue weighted by Gasteiger charge is 2.35. The van der Waals surface area contributed by atoms with Gasteiger partial charge in [0.2, 0.25) is 5.91 Å². The van der Waals surface area contributed by atoms with E-state index < -0.39 is 5.54 Å². The molecule has 0 radical (unpaired) electrons. The second-order valence-corrected chi connectivity index (χ2v) is 8.40. The van der Waals surface area contributed by atoms with E-state index in [1.807, 2.05) is 24.4 Å². The van der Waals surface area contributed by atoms with Gasteiger partial charge in [0, 0.05) is 37.0 Å². The number of carbonyl (C=O) groups is 2. The lowest BCUT2D eigenvalue weighted by Gasteiger charge is -2.33. The fourth-order valence-electron chi connectivity index (χ4n) is 3.84. The van der Waals surface area contributed by atoms with Crippen LogP contribution in [-0.4, -0.2) is 63.2 Å². The maximum absolute atomic E-state index is 13.3. The predicted octanol–water partition coefficient (Wildman–Crippen LogP) is 1.96. The topological polar surface area (TPSA) is 88.8 Å². The Morgan fingerprint density at radius 2 is 2.00 bits per heavy atom. The van der Waals surface area contributed by atoms with Crippen molar-refractivity contribution < 1.29 is 14.3 Å². The van der Waals surface area contributed by atoms with Gasteiger partial charge in [-0.1, -0.05) is 18.2 Å². The highest BCUT2D eigenvalue weighted by atomic mass is 16.5. The molecule has 0 bridgehead atoms. The third-order valence-corrected chi connectivity index (χ3v) is 5.43. The summed E-state index contributed by atoms with van der Waals surface area (Å²) < 4.78 is 7.52. The summed E-state index contributed by atoms with van der Waals surface area (Å²) in [6.07, 6.45) is 4.22. The summed E-state index contributed by atoms with van der Waals surface area (Å²) in [7, 11) is 0. The predicted molar refractivity (Wildman–Crippen MR) is 116 cm³/mol. The third-order valence-electron chi connectivity index (χ3n) is 5.43. The van der Waals surface area contributed by atoms with Crippen LogP contribution < -0.4 is 5.32 Å². The van der Waals surface area contributed by atoms with E-state index in [1.165, 1.54) is 0 Å². The number of rotatable bonds is 5. The molecule has 1 aliphatic heterocycles. The standard InChI is InChI=1S/C23H27N5O3/c1-23(2,25-21(29)18-6-4-3-5-7-18)22(30)27-12-13-31-16-17(15-27)14-19-8-9-20-24-10-11-28(20)26-19/h3-11,17H,12-16H2,1-2H3,(H,25,29)/t17-/m1/s1. The lowest BCUT2D eigenvalue weighted by Crippen LogP contribution is -2.56. The van der Waals surface area contributed by atoms with Crippen molar-refractivity contribution in [3.63, 3.8) is 0 Å². The summed E-state index contributed by atoms with van der Waals surface area (Å²) in [5, 5.41) is 7.47. The van der Waals surface area contributed by atoms with E-state index in [1.54, 1.807) is 53.7 Å². The summed E-state index contributed by atoms with van der Waals surface area (Å²) in [6, 6.07) is 12.8. The van der Waals surface area contributed by atoms with E-state index in [-0.39, 0.29) is 17.7 Å². The van der Waals surface area contributed by atoms with Crippen molar-refractivity contribution in [1.29, 1.82) is 0 Å². The van der Waals surface area contributed by atoms with Gasteiger partial charge in [-0.25, -0.2) is 9.50 Å². The van der Waals surface area contributed by atoms with Crippen LogP contribution in [0.4, 0.5) is 0 Å². The van der Waals surface area contributed by atoms with E-state index >= 15 is 0 Å². The van der Waals surface area contributed by atoms with E-state index in [2.05, 4.69) is 15.4 Å².